The van der Waals surface area contributed by atoms with Crippen LogP contribution in [0.2, 0.25) is 5.02 Å². The Morgan fingerprint density at radius 1 is 1.44 bits per heavy atom. The van der Waals surface area contributed by atoms with Gasteiger partial charge in [-0.05, 0) is 37.5 Å². The van der Waals surface area contributed by atoms with Crippen molar-refractivity contribution in [1.82, 2.24) is 0 Å². The summed E-state index contributed by atoms with van der Waals surface area (Å²) >= 11 is 5.92. The molecule has 1 fully saturated rings. The highest BCUT2D eigenvalue weighted by atomic mass is 35.5. The van der Waals surface area contributed by atoms with E-state index >= 15 is 0 Å². The molecular formula is C15H17ClO2. The van der Waals surface area contributed by atoms with Crippen LogP contribution in [0.25, 0.3) is 0 Å². The first-order chi connectivity index (χ1) is 8.56. The average molecular weight is 265 g/mol. The molecule has 18 heavy (non-hydrogen) atoms. The van der Waals surface area contributed by atoms with Gasteiger partial charge in [0.05, 0.1) is 12.0 Å². The number of halogens is 1. The Hall–Kier alpha value is -1.02. The van der Waals surface area contributed by atoms with Crippen molar-refractivity contribution in [2.75, 3.05) is 0 Å². The van der Waals surface area contributed by atoms with E-state index in [1.54, 1.807) is 12.1 Å². The molecule has 1 unspecified atom stereocenters. The largest absolute Gasteiger partial charge is 0.486 e. The quantitative estimate of drug-likeness (QED) is 0.798. The highest BCUT2D eigenvalue weighted by molar-refractivity contribution is 6.31. The van der Waals surface area contributed by atoms with Gasteiger partial charge in [0.2, 0.25) is 0 Å². The zero-order valence-electron chi connectivity index (χ0n) is 10.5. The fourth-order valence-corrected chi connectivity index (χ4v) is 3.14. The summed E-state index contributed by atoms with van der Waals surface area (Å²) in [5.74, 6) is 1.58. The van der Waals surface area contributed by atoms with E-state index in [1.807, 2.05) is 6.07 Å². The van der Waals surface area contributed by atoms with E-state index < -0.39 is 0 Å². The maximum Gasteiger partial charge on any atom is 0.170 e. The molecule has 0 bridgehead atoms. The second kappa shape index (κ2) is 4.27. The number of hydrogen-bond acceptors (Lipinski definition) is 2. The van der Waals surface area contributed by atoms with Crippen LogP contribution in [0.5, 0.6) is 5.75 Å². The Balaban J connectivity index is 1.85. The number of ether oxygens (including phenoxy) is 1. The molecule has 0 saturated heterocycles. The molecule has 0 N–H and O–H groups in total. The molecule has 0 aromatic heterocycles. The Kier molecular flexibility index (Phi) is 2.86. The standard InChI is InChI=1S/C15H17ClO2/c1-15(8-10-3-2-4-10)9-13(17)12-7-11(16)5-6-14(12)18-15/h5-7,10H,2-4,8-9H2,1H3. The van der Waals surface area contributed by atoms with Crippen molar-refractivity contribution in [2.24, 2.45) is 5.92 Å². The minimum Gasteiger partial charge on any atom is -0.486 e. The van der Waals surface area contributed by atoms with E-state index in [2.05, 4.69) is 6.92 Å². The van der Waals surface area contributed by atoms with Crippen LogP contribution in [0.3, 0.4) is 0 Å². The fraction of sp³-hybridized carbons (Fsp3) is 0.533. The first-order valence-electron chi connectivity index (χ1n) is 6.57. The maximum atomic E-state index is 12.2. The second-order valence-electron chi connectivity index (χ2n) is 5.79. The Morgan fingerprint density at radius 3 is 2.89 bits per heavy atom. The molecule has 0 spiro atoms. The lowest BCUT2D eigenvalue weighted by molar-refractivity contribution is 0.0258. The zero-order valence-corrected chi connectivity index (χ0v) is 11.3. The molecule has 3 heteroatoms. The van der Waals surface area contributed by atoms with Gasteiger partial charge in [0.1, 0.15) is 11.4 Å². The van der Waals surface area contributed by atoms with Crippen LogP contribution >= 0.6 is 11.6 Å². The highest BCUT2D eigenvalue weighted by Gasteiger charge is 2.39. The number of carbonyl (C=O) groups is 1. The van der Waals surface area contributed by atoms with Crippen LogP contribution < -0.4 is 4.74 Å². The predicted octanol–water partition coefficient (Wildman–Crippen LogP) is 4.25. The molecule has 2 nitrogen and oxygen atoms in total. The van der Waals surface area contributed by atoms with Crippen LogP contribution in [-0.4, -0.2) is 11.4 Å². The molecule has 2 aliphatic rings. The molecular weight excluding hydrogens is 248 g/mol. The Bertz CT molecular complexity index is 493. The number of fused-ring (bicyclic) bond motifs is 1. The topological polar surface area (TPSA) is 26.3 Å². The summed E-state index contributed by atoms with van der Waals surface area (Å²) < 4.78 is 6.07. The molecule has 96 valence electrons. The van der Waals surface area contributed by atoms with Crippen molar-refractivity contribution < 1.29 is 9.53 Å². The van der Waals surface area contributed by atoms with E-state index in [0.29, 0.717) is 22.8 Å². The summed E-state index contributed by atoms with van der Waals surface area (Å²) in [7, 11) is 0. The molecule has 1 aliphatic carbocycles. The van der Waals surface area contributed by atoms with Crippen LogP contribution in [0.1, 0.15) is 49.4 Å². The van der Waals surface area contributed by atoms with Gasteiger partial charge in [-0.1, -0.05) is 30.9 Å². The van der Waals surface area contributed by atoms with Gasteiger partial charge in [-0.2, -0.15) is 0 Å². The molecule has 1 atom stereocenters. The predicted molar refractivity (Wildman–Crippen MR) is 71.4 cm³/mol. The average Bonchev–Trinajstić information content (AvgIpc) is 2.25. The van der Waals surface area contributed by atoms with Gasteiger partial charge >= 0.3 is 0 Å². The van der Waals surface area contributed by atoms with Crippen molar-refractivity contribution >= 4 is 17.4 Å². The number of benzene rings is 1. The first-order valence-corrected chi connectivity index (χ1v) is 6.95. The van der Waals surface area contributed by atoms with E-state index in [0.717, 1.165) is 12.3 Å². The third-order valence-electron chi connectivity index (χ3n) is 4.08. The molecule has 1 aliphatic heterocycles. The summed E-state index contributed by atoms with van der Waals surface area (Å²) in [6, 6.07) is 5.30. The number of hydrogen-bond donors (Lipinski definition) is 0. The van der Waals surface area contributed by atoms with Crippen LogP contribution in [0, 0.1) is 5.92 Å². The van der Waals surface area contributed by atoms with Crippen molar-refractivity contribution in [3.63, 3.8) is 0 Å². The van der Waals surface area contributed by atoms with Crippen LogP contribution in [-0.2, 0) is 0 Å². The van der Waals surface area contributed by atoms with Crippen molar-refractivity contribution in [3.8, 4) is 5.75 Å². The summed E-state index contributed by atoms with van der Waals surface area (Å²) in [5, 5.41) is 0.591. The van der Waals surface area contributed by atoms with Gasteiger partial charge in [0.25, 0.3) is 0 Å². The molecule has 0 radical (unpaired) electrons. The Morgan fingerprint density at radius 2 is 2.22 bits per heavy atom. The van der Waals surface area contributed by atoms with E-state index in [1.165, 1.54) is 19.3 Å². The third-order valence-corrected chi connectivity index (χ3v) is 4.31. The summed E-state index contributed by atoms with van der Waals surface area (Å²) in [5.41, 5.74) is 0.303. The van der Waals surface area contributed by atoms with E-state index in [9.17, 15) is 4.79 Å². The lowest BCUT2D eigenvalue weighted by atomic mass is 9.75. The third kappa shape index (κ3) is 2.14. The van der Waals surface area contributed by atoms with Crippen molar-refractivity contribution in [3.05, 3.63) is 28.8 Å². The van der Waals surface area contributed by atoms with Crippen LogP contribution in [0.15, 0.2) is 18.2 Å². The molecule has 1 aromatic carbocycles. The summed E-state index contributed by atoms with van der Waals surface area (Å²) in [4.78, 5) is 12.2. The summed E-state index contributed by atoms with van der Waals surface area (Å²) in [6.07, 6.45) is 5.33. The zero-order chi connectivity index (χ0) is 12.8. The second-order valence-corrected chi connectivity index (χ2v) is 6.23. The fourth-order valence-electron chi connectivity index (χ4n) is 2.97. The summed E-state index contributed by atoms with van der Waals surface area (Å²) in [6.45, 7) is 2.06. The smallest absolute Gasteiger partial charge is 0.170 e. The SMILES string of the molecule is CC1(CC2CCC2)CC(=O)c2cc(Cl)ccc2O1. The van der Waals surface area contributed by atoms with Crippen molar-refractivity contribution in [2.45, 2.75) is 44.6 Å². The van der Waals surface area contributed by atoms with E-state index in [-0.39, 0.29) is 11.4 Å². The van der Waals surface area contributed by atoms with Gasteiger partial charge in [-0.25, -0.2) is 0 Å². The Labute approximate surface area is 112 Å². The molecule has 1 aromatic rings. The minimum atomic E-state index is -0.330. The highest BCUT2D eigenvalue weighted by Crippen LogP contribution is 2.41. The number of ketones is 1. The molecule has 0 amide bonds. The number of rotatable bonds is 2. The van der Waals surface area contributed by atoms with Gasteiger partial charge < -0.3 is 4.74 Å². The number of carbonyl (C=O) groups excluding carboxylic acids is 1. The maximum absolute atomic E-state index is 12.2. The lowest BCUT2D eigenvalue weighted by Gasteiger charge is -2.39. The van der Waals surface area contributed by atoms with Crippen LogP contribution in [0.4, 0.5) is 0 Å². The molecule has 1 heterocycles. The van der Waals surface area contributed by atoms with Crippen molar-refractivity contribution in [1.29, 1.82) is 0 Å². The molecule has 1 saturated carbocycles. The first kappa shape index (κ1) is 12.0. The normalized spacial score (nSPS) is 27.3. The van der Waals surface area contributed by atoms with Gasteiger partial charge in [-0.3, -0.25) is 4.79 Å². The van der Waals surface area contributed by atoms with Gasteiger partial charge in [0.15, 0.2) is 5.78 Å². The monoisotopic (exact) mass is 264 g/mol. The molecule has 3 rings (SSSR count). The number of Topliss-reactive ketones (excluding diaryl/α,β-unsaturated/α-hetero) is 1. The minimum absolute atomic E-state index is 0.153. The van der Waals surface area contributed by atoms with E-state index in [4.69, 9.17) is 16.3 Å². The van der Waals surface area contributed by atoms with Gasteiger partial charge in [-0.15, -0.1) is 0 Å². The lowest BCUT2D eigenvalue weighted by Crippen LogP contribution is -2.41. The van der Waals surface area contributed by atoms with Gasteiger partial charge in [0, 0.05) is 5.02 Å².